The normalized spacial score (nSPS) is 12.4. The Morgan fingerprint density at radius 2 is 1.62 bits per heavy atom. The number of nitrogens with zero attached hydrogens (tertiary/aromatic N) is 2. The predicted molar refractivity (Wildman–Crippen MR) is 146 cm³/mol. The topological polar surface area (TPSA) is 105 Å². The molecule has 0 spiro atoms. The molecular formula is C27H39N3O6S. The first-order valence-corrected chi connectivity index (χ1v) is 14.0. The second-order valence-electron chi connectivity index (χ2n) is 9.79. The molecule has 2 rings (SSSR count). The first-order valence-electron chi connectivity index (χ1n) is 12.2. The summed E-state index contributed by atoms with van der Waals surface area (Å²) >= 11 is 0. The Morgan fingerprint density at radius 3 is 2.14 bits per heavy atom. The van der Waals surface area contributed by atoms with Gasteiger partial charge in [0, 0.05) is 18.2 Å². The zero-order valence-electron chi connectivity index (χ0n) is 22.8. The zero-order chi connectivity index (χ0) is 27.8. The van der Waals surface area contributed by atoms with E-state index in [1.54, 1.807) is 12.1 Å². The SMILES string of the molecule is CC[C@@H](C(=O)NC(C)(C)C)N(CCc1ccccc1)C(=O)CN(c1ccc(OC)c(OC)c1)S(C)(=O)=O. The Bertz CT molecular complexity index is 1160. The minimum atomic E-state index is -3.85. The molecule has 0 saturated carbocycles. The standard InChI is InChI=1S/C27H39N3O6S/c1-8-22(26(32)28-27(2,3)4)29(17-16-20-12-10-9-11-13-20)25(31)19-30(37(7,33)34)21-14-15-23(35-5)24(18-21)36-6/h9-15,18,22H,8,16-17,19H2,1-7H3,(H,28,32)/t22-/m0/s1. The van der Waals surface area contributed by atoms with Gasteiger partial charge in [0.2, 0.25) is 21.8 Å². The fourth-order valence-corrected chi connectivity index (χ4v) is 4.78. The number of carbonyl (C=O) groups is 2. The van der Waals surface area contributed by atoms with E-state index in [-0.39, 0.29) is 18.1 Å². The highest BCUT2D eigenvalue weighted by atomic mass is 32.2. The number of carbonyl (C=O) groups excluding carboxylic acids is 2. The van der Waals surface area contributed by atoms with Crippen LogP contribution in [0.3, 0.4) is 0 Å². The first-order chi connectivity index (χ1) is 17.3. The number of ether oxygens (including phenoxy) is 2. The molecular weight excluding hydrogens is 494 g/mol. The summed E-state index contributed by atoms with van der Waals surface area (Å²) < 4.78 is 37.2. The number of amides is 2. The predicted octanol–water partition coefficient (Wildman–Crippen LogP) is 3.23. The van der Waals surface area contributed by atoms with Gasteiger partial charge in [-0.15, -0.1) is 0 Å². The smallest absolute Gasteiger partial charge is 0.244 e. The fourth-order valence-electron chi connectivity index (χ4n) is 3.94. The minimum absolute atomic E-state index is 0.252. The number of benzene rings is 2. The van der Waals surface area contributed by atoms with Gasteiger partial charge in [-0.3, -0.25) is 13.9 Å². The molecule has 0 unspecified atom stereocenters. The largest absolute Gasteiger partial charge is 0.493 e. The molecule has 1 N–H and O–H groups in total. The fraction of sp³-hybridized carbons (Fsp3) is 0.481. The zero-order valence-corrected chi connectivity index (χ0v) is 23.6. The highest BCUT2D eigenvalue weighted by molar-refractivity contribution is 7.92. The highest BCUT2D eigenvalue weighted by Gasteiger charge is 2.33. The van der Waals surface area contributed by atoms with Crippen molar-refractivity contribution in [3.05, 3.63) is 54.1 Å². The summed E-state index contributed by atoms with van der Waals surface area (Å²) in [6.45, 7) is 7.23. The van der Waals surface area contributed by atoms with Crippen LogP contribution in [-0.2, 0) is 26.0 Å². The van der Waals surface area contributed by atoms with Gasteiger partial charge in [-0.25, -0.2) is 8.42 Å². The van der Waals surface area contributed by atoms with Gasteiger partial charge in [0.25, 0.3) is 0 Å². The van der Waals surface area contributed by atoms with Crippen molar-refractivity contribution in [2.45, 2.75) is 52.1 Å². The number of rotatable bonds is 12. The lowest BCUT2D eigenvalue weighted by Gasteiger charge is -2.34. The average Bonchev–Trinajstić information content (AvgIpc) is 2.83. The monoisotopic (exact) mass is 533 g/mol. The second-order valence-corrected chi connectivity index (χ2v) is 11.7. The van der Waals surface area contributed by atoms with Gasteiger partial charge in [-0.2, -0.15) is 0 Å². The number of hydrogen-bond acceptors (Lipinski definition) is 6. The average molecular weight is 534 g/mol. The molecule has 9 nitrogen and oxygen atoms in total. The Morgan fingerprint density at radius 1 is 1.00 bits per heavy atom. The summed E-state index contributed by atoms with van der Waals surface area (Å²) in [4.78, 5) is 28.4. The van der Waals surface area contributed by atoms with Gasteiger partial charge in [0.05, 0.1) is 26.2 Å². The van der Waals surface area contributed by atoms with E-state index in [0.29, 0.717) is 24.3 Å². The Kier molecular flexibility index (Phi) is 10.4. The van der Waals surface area contributed by atoms with Crippen LogP contribution in [0, 0.1) is 0 Å². The maximum absolute atomic E-state index is 13.7. The number of methoxy groups -OCH3 is 2. The van der Waals surface area contributed by atoms with Crippen LogP contribution < -0.4 is 19.1 Å². The molecule has 0 bridgehead atoms. The highest BCUT2D eigenvalue weighted by Crippen LogP contribution is 2.32. The van der Waals surface area contributed by atoms with E-state index in [1.807, 2.05) is 58.0 Å². The maximum Gasteiger partial charge on any atom is 0.244 e. The van der Waals surface area contributed by atoms with E-state index in [4.69, 9.17) is 9.47 Å². The molecule has 2 aromatic rings. The number of hydrogen-bond donors (Lipinski definition) is 1. The van der Waals surface area contributed by atoms with Crippen molar-refractivity contribution in [2.24, 2.45) is 0 Å². The van der Waals surface area contributed by atoms with Crippen molar-refractivity contribution in [1.82, 2.24) is 10.2 Å². The van der Waals surface area contributed by atoms with Crippen molar-refractivity contribution < 1.29 is 27.5 Å². The van der Waals surface area contributed by atoms with E-state index in [0.717, 1.165) is 16.1 Å². The molecule has 0 fully saturated rings. The quantitative estimate of drug-likeness (QED) is 0.449. The molecule has 2 aromatic carbocycles. The third-order valence-corrected chi connectivity index (χ3v) is 6.84. The lowest BCUT2D eigenvalue weighted by atomic mass is 10.1. The number of anilines is 1. The van der Waals surface area contributed by atoms with Crippen LogP contribution in [0.2, 0.25) is 0 Å². The summed E-state index contributed by atoms with van der Waals surface area (Å²) in [5.74, 6) is -0.001000. The van der Waals surface area contributed by atoms with Gasteiger partial charge in [-0.1, -0.05) is 37.3 Å². The van der Waals surface area contributed by atoms with E-state index in [9.17, 15) is 18.0 Å². The van der Waals surface area contributed by atoms with Crippen molar-refractivity contribution in [1.29, 1.82) is 0 Å². The molecule has 37 heavy (non-hydrogen) atoms. The summed E-state index contributed by atoms with van der Waals surface area (Å²) in [5.41, 5.74) is 0.770. The van der Waals surface area contributed by atoms with Crippen molar-refractivity contribution in [3.63, 3.8) is 0 Å². The summed E-state index contributed by atoms with van der Waals surface area (Å²) in [5, 5.41) is 2.95. The summed E-state index contributed by atoms with van der Waals surface area (Å²) in [6.07, 6.45) is 1.92. The van der Waals surface area contributed by atoms with Crippen LogP contribution in [0.5, 0.6) is 11.5 Å². The van der Waals surface area contributed by atoms with E-state index in [2.05, 4.69) is 5.32 Å². The van der Waals surface area contributed by atoms with E-state index in [1.165, 1.54) is 25.2 Å². The third-order valence-electron chi connectivity index (χ3n) is 5.70. The molecule has 0 radical (unpaired) electrons. The third kappa shape index (κ3) is 8.66. The summed E-state index contributed by atoms with van der Waals surface area (Å²) in [6, 6.07) is 13.5. The van der Waals surface area contributed by atoms with Crippen molar-refractivity contribution in [3.8, 4) is 11.5 Å². The summed E-state index contributed by atoms with van der Waals surface area (Å²) in [7, 11) is -0.924. The minimum Gasteiger partial charge on any atom is -0.493 e. The molecule has 204 valence electrons. The van der Waals surface area contributed by atoms with Crippen LogP contribution in [0.25, 0.3) is 0 Å². The van der Waals surface area contributed by atoms with E-state index < -0.39 is 34.1 Å². The molecule has 2 amide bonds. The van der Waals surface area contributed by atoms with Crippen LogP contribution >= 0.6 is 0 Å². The Hall–Kier alpha value is -3.27. The molecule has 0 aliphatic rings. The molecule has 0 aliphatic carbocycles. The number of sulfonamides is 1. The Balaban J connectivity index is 2.43. The molecule has 10 heteroatoms. The lowest BCUT2D eigenvalue weighted by Crippen LogP contribution is -2.56. The molecule has 0 saturated heterocycles. The van der Waals surface area contributed by atoms with Gasteiger partial charge < -0.3 is 19.7 Å². The second kappa shape index (κ2) is 12.8. The van der Waals surface area contributed by atoms with Gasteiger partial charge in [0.1, 0.15) is 12.6 Å². The van der Waals surface area contributed by atoms with Crippen LogP contribution in [0.1, 0.15) is 39.7 Å². The van der Waals surface area contributed by atoms with Crippen molar-refractivity contribution >= 4 is 27.5 Å². The molecule has 1 atom stereocenters. The maximum atomic E-state index is 13.7. The van der Waals surface area contributed by atoms with Crippen LogP contribution in [-0.4, -0.2) is 70.3 Å². The first kappa shape index (κ1) is 30.0. The van der Waals surface area contributed by atoms with Crippen LogP contribution in [0.15, 0.2) is 48.5 Å². The van der Waals surface area contributed by atoms with E-state index >= 15 is 0 Å². The number of nitrogens with one attached hydrogen (secondary N) is 1. The molecule has 0 aromatic heterocycles. The lowest BCUT2D eigenvalue weighted by molar-refractivity contribution is -0.140. The van der Waals surface area contributed by atoms with Crippen molar-refractivity contribution in [2.75, 3.05) is 37.9 Å². The molecule has 0 aliphatic heterocycles. The Labute approximate surface area is 220 Å². The molecule has 0 heterocycles. The van der Waals surface area contributed by atoms with Gasteiger partial charge >= 0.3 is 0 Å². The van der Waals surface area contributed by atoms with Gasteiger partial charge in [-0.05, 0) is 51.3 Å². The van der Waals surface area contributed by atoms with Crippen LogP contribution in [0.4, 0.5) is 5.69 Å². The van der Waals surface area contributed by atoms with Gasteiger partial charge in [0.15, 0.2) is 11.5 Å².